The topological polar surface area (TPSA) is 59.9 Å². The second kappa shape index (κ2) is 4.72. The average Bonchev–Trinajstić information content (AvgIpc) is 2.82. The van der Waals surface area contributed by atoms with Crippen molar-refractivity contribution in [2.24, 2.45) is 0 Å². The smallest absolute Gasteiger partial charge is 0.328 e. The second-order valence-electron chi connectivity index (χ2n) is 4.54. The lowest BCUT2D eigenvalue weighted by atomic mass is 10.2. The molecule has 3 aromatic rings. The minimum Gasteiger partial charge on any atom is -0.467 e. The van der Waals surface area contributed by atoms with Gasteiger partial charge < -0.3 is 14.3 Å². The van der Waals surface area contributed by atoms with Gasteiger partial charge in [0.1, 0.15) is 6.04 Å². The highest BCUT2D eigenvalue weighted by molar-refractivity contribution is 7.71. The molecule has 20 heavy (non-hydrogen) atoms. The number of aromatic amines is 1. The van der Waals surface area contributed by atoms with Crippen LogP contribution in [0.4, 0.5) is 0 Å². The van der Waals surface area contributed by atoms with Gasteiger partial charge in [-0.2, -0.15) is 0 Å². The van der Waals surface area contributed by atoms with Gasteiger partial charge in [0.05, 0.1) is 29.9 Å². The standard InChI is InChI=1S/C14H13N3O2S/c1-8(13(18)19-2)17-12-9-5-3-4-6-10(9)15-7-11(12)16-14(17)20/h3-8H,1-2H3,(H,16,20). The predicted octanol–water partition coefficient (Wildman–Crippen LogP) is 2.98. The van der Waals surface area contributed by atoms with Crippen LogP contribution in [0.2, 0.25) is 0 Å². The Morgan fingerprint density at radius 1 is 1.45 bits per heavy atom. The van der Waals surface area contributed by atoms with Crippen molar-refractivity contribution >= 4 is 40.1 Å². The SMILES string of the molecule is COC(=O)C(C)n1c(=S)[nH]c2cnc3ccccc3c21. The molecule has 0 saturated carbocycles. The predicted molar refractivity (Wildman–Crippen MR) is 79.2 cm³/mol. The molecule has 0 radical (unpaired) electrons. The van der Waals surface area contributed by atoms with Crippen LogP contribution in [0.25, 0.3) is 21.9 Å². The van der Waals surface area contributed by atoms with E-state index in [0.29, 0.717) is 4.77 Å². The van der Waals surface area contributed by atoms with E-state index in [1.807, 2.05) is 24.3 Å². The number of esters is 1. The molecule has 0 aliphatic heterocycles. The molecular weight excluding hydrogens is 274 g/mol. The molecule has 5 nitrogen and oxygen atoms in total. The molecule has 0 fully saturated rings. The number of imidazole rings is 1. The molecule has 1 unspecified atom stereocenters. The van der Waals surface area contributed by atoms with E-state index in [1.54, 1.807) is 17.7 Å². The van der Waals surface area contributed by atoms with Crippen molar-refractivity contribution in [2.45, 2.75) is 13.0 Å². The Bertz CT molecular complexity index is 866. The number of carbonyl (C=O) groups excluding carboxylic acids is 1. The van der Waals surface area contributed by atoms with E-state index in [0.717, 1.165) is 21.9 Å². The normalized spacial score (nSPS) is 12.7. The number of hydrogen-bond donors (Lipinski definition) is 1. The third kappa shape index (κ3) is 1.80. The van der Waals surface area contributed by atoms with Crippen LogP contribution in [0, 0.1) is 4.77 Å². The summed E-state index contributed by atoms with van der Waals surface area (Å²) in [5, 5.41) is 0.952. The largest absolute Gasteiger partial charge is 0.467 e. The summed E-state index contributed by atoms with van der Waals surface area (Å²) >= 11 is 5.33. The summed E-state index contributed by atoms with van der Waals surface area (Å²) < 4.78 is 7.08. The van der Waals surface area contributed by atoms with Crippen LogP contribution in [0.15, 0.2) is 30.5 Å². The van der Waals surface area contributed by atoms with Crippen LogP contribution < -0.4 is 0 Å². The fraction of sp³-hybridized carbons (Fsp3) is 0.214. The van der Waals surface area contributed by atoms with Crippen molar-refractivity contribution < 1.29 is 9.53 Å². The summed E-state index contributed by atoms with van der Waals surface area (Å²) in [6.45, 7) is 1.77. The lowest BCUT2D eigenvalue weighted by molar-refractivity contribution is -0.143. The summed E-state index contributed by atoms with van der Waals surface area (Å²) in [7, 11) is 1.37. The number of aromatic nitrogens is 3. The summed E-state index contributed by atoms with van der Waals surface area (Å²) in [5.41, 5.74) is 2.54. The molecule has 1 atom stereocenters. The highest BCUT2D eigenvalue weighted by Gasteiger charge is 2.20. The first-order chi connectivity index (χ1) is 9.63. The van der Waals surface area contributed by atoms with E-state index in [9.17, 15) is 4.79 Å². The van der Waals surface area contributed by atoms with Crippen LogP contribution in [-0.4, -0.2) is 27.6 Å². The highest BCUT2D eigenvalue weighted by Crippen LogP contribution is 2.26. The van der Waals surface area contributed by atoms with Gasteiger partial charge in [-0.05, 0) is 25.2 Å². The van der Waals surface area contributed by atoms with E-state index in [-0.39, 0.29) is 5.97 Å². The Hall–Kier alpha value is -2.21. The van der Waals surface area contributed by atoms with E-state index >= 15 is 0 Å². The Kier molecular flexibility index (Phi) is 3.02. The molecule has 0 spiro atoms. The lowest BCUT2D eigenvalue weighted by Gasteiger charge is -2.13. The third-order valence-corrected chi connectivity index (χ3v) is 3.68. The molecule has 2 aromatic heterocycles. The molecule has 0 aliphatic rings. The number of nitrogens with zero attached hydrogens (tertiary/aromatic N) is 2. The Morgan fingerprint density at radius 2 is 2.20 bits per heavy atom. The summed E-state index contributed by atoms with van der Waals surface area (Å²) in [4.78, 5) is 19.3. The van der Waals surface area contributed by atoms with Gasteiger partial charge in [-0.3, -0.25) is 4.98 Å². The Balaban J connectivity index is 2.42. The molecule has 0 amide bonds. The summed E-state index contributed by atoms with van der Waals surface area (Å²) in [6, 6.07) is 7.27. The van der Waals surface area contributed by atoms with Crippen molar-refractivity contribution in [1.29, 1.82) is 0 Å². The van der Waals surface area contributed by atoms with Gasteiger partial charge in [-0.25, -0.2) is 4.79 Å². The molecule has 0 bridgehead atoms. The van der Waals surface area contributed by atoms with Crippen LogP contribution in [0.5, 0.6) is 0 Å². The fourth-order valence-electron chi connectivity index (χ4n) is 2.40. The average molecular weight is 287 g/mol. The van der Waals surface area contributed by atoms with Crippen LogP contribution in [0.1, 0.15) is 13.0 Å². The van der Waals surface area contributed by atoms with Crippen LogP contribution >= 0.6 is 12.2 Å². The number of benzene rings is 1. The van der Waals surface area contributed by atoms with Gasteiger partial charge in [-0.1, -0.05) is 18.2 Å². The molecule has 3 rings (SSSR count). The highest BCUT2D eigenvalue weighted by atomic mass is 32.1. The fourth-order valence-corrected chi connectivity index (χ4v) is 2.76. The number of ether oxygens (including phenoxy) is 1. The van der Waals surface area contributed by atoms with Gasteiger partial charge in [0.15, 0.2) is 4.77 Å². The molecule has 0 saturated heterocycles. The molecule has 0 aliphatic carbocycles. The van der Waals surface area contributed by atoms with Gasteiger partial charge in [0.25, 0.3) is 0 Å². The van der Waals surface area contributed by atoms with Crippen molar-refractivity contribution in [2.75, 3.05) is 7.11 Å². The first-order valence-corrected chi connectivity index (χ1v) is 6.60. The number of pyridine rings is 1. The second-order valence-corrected chi connectivity index (χ2v) is 4.92. The number of hydrogen-bond acceptors (Lipinski definition) is 4. The van der Waals surface area contributed by atoms with Crippen LogP contribution in [0.3, 0.4) is 0 Å². The quantitative estimate of drug-likeness (QED) is 0.581. The van der Waals surface area contributed by atoms with Gasteiger partial charge in [0, 0.05) is 5.39 Å². The van der Waals surface area contributed by atoms with Crippen molar-refractivity contribution in [3.8, 4) is 0 Å². The van der Waals surface area contributed by atoms with Crippen molar-refractivity contribution in [1.82, 2.24) is 14.5 Å². The number of rotatable bonds is 2. The van der Waals surface area contributed by atoms with Crippen LogP contribution in [-0.2, 0) is 9.53 Å². The Morgan fingerprint density at radius 3 is 2.95 bits per heavy atom. The van der Waals surface area contributed by atoms with E-state index in [4.69, 9.17) is 17.0 Å². The first kappa shape index (κ1) is 12.8. The van der Waals surface area contributed by atoms with Gasteiger partial charge in [-0.15, -0.1) is 0 Å². The zero-order valence-corrected chi connectivity index (χ0v) is 11.9. The van der Waals surface area contributed by atoms with E-state index < -0.39 is 6.04 Å². The van der Waals surface area contributed by atoms with Crippen molar-refractivity contribution in [3.63, 3.8) is 0 Å². The number of carbonyl (C=O) groups is 1. The zero-order chi connectivity index (χ0) is 14.3. The first-order valence-electron chi connectivity index (χ1n) is 6.19. The molecule has 102 valence electrons. The molecular formula is C14H13N3O2S. The third-order valence-electron chi connectivity index (χ3n) is 3.38. The molecule has 1 aromatic carbocycles. The maximum atomic E-state index is 11.8. The van der Waals surface area contributed by atoms with E-state index in [1.165, 1.54) is 7.11 Å². The maximum absolute atomic E-state index is 11.8. The lowest BCUT2D eigenvalue weighted by Crippen LogP contribution is -2.17. The minimum atomic E-state index is -0.493. The molecule has 2 heterocycles. The number of para-hydroxylation sites is 1. The number of nitrogens with one attached hydrogen (secondary N) is 1. The number of H-pyrrole nitrogens is 1. The summed E-state index contributed by atoms with van der Waals surface area (Å²) in [6.07, 6.45) is 1.73. The maximum Gasteiger partial charge on any atom is 0.328 e. The van der Waals surface area contributed by atoms with Crippen molar-refractivity contribution in [3.05, 3.63) is 35.2 Å². The number of fused-ring (bicyclic) bond motifs is 3. The summed E-state index contributed by atoms with van der Waals surface area (Å²) in [5.74, 6) is -0.331. The van der Waals surface area contributed by atoms with Gasteiger partial charge in [0.2, 0.25) is 0 Å². The Labute approximate surface area is 120 Å². The molecule has 1 N–H and O–H groups in total. The van der Waals surface area contributed by atoms with E-state index in [2.05, 4.69) is 9.97 Å². The minimum absolute atomic E-state index is 0.331. The number of methoxy groups -OCH3 is 1. The van der Waals surface area contributed by atoms with Gasteiger partial charge >= 0.3 is 5.97 Å². The monoisotopic (exact) mass is 287 g/mol. The molecule has 6 heteroatoms. The zero-order valence-electron chi connectivity index (χ0n) is 11.1.